The lowest BCUT2D eigenvalue weighted by atomic mass is 10.1. The number of benzene rings is 1. The first kappa shape index (κ1) is 17.0. The Morgan fingerprint density at radius 3 is 2.70 bits per heavy atom. The van der Waals surface area contributed by atoms with Crippen molar-refractivity contribution in [3.05, 3.63) is 44.6 Å². The third-order valence-corrected chi connectivity index (χ3v) is 3.68. The summed E-state index contributed by atoms with van der Waals surface area (Å²) in [6, 6.07) is 4.87. The number of amides is 1. The number of hydrogen-bond acceptors (Lipinski definition) is 4. The lowest BCUT2D eigenvalue weighted by Crippen LogP contribution is -2.39. The van der Waals surface area contributed by atoms with E-state index in [2.05, 4.69) is 15.6 Å². The van der Waals surface area contributed by atoms with Gasteiger partial charge in [-0.25, -0.2) is 4.79 Å². The van der Waals surface area contributed by atoms with Crippen LogP contribution in [0.1, 0.15) is 31.1 Å². The first-order chi connectivity index (χ1) is 11.0. The first-order valence-electron chi connectivity index (χ1n) is 7.76. The number of carbonyl (C=O) groups is 1. The Morgan fingerprint density at radius 2 is 2.04 bits per heavy atom. The van der Waals surface area contributed by atoms with Crippen molar-refractivity contribution in [2.24, 2.45) is 0 Å². The molecule has 0 bridgehead atoms. The standard InChI is InChI=1S/C16H22N4O3/c1-4-17-10(3)9-18-14(21)11-6-7-12-13(8-11)19-16(23)20(5-2)15(12)22/h6-8,10,17H,4-5,9H2,1-3H3,(H,18,21)(H,19,23)/t10-/m1/s1. The Morgan fingerprint density at radius 1 is 1.30 bits per heavy atom. The van der Waals surface area contributed by atoms with E-state index in [1.54, 1.807) is 19.1 Å². The number of rotatable bonds is 6. The van der Waals surface area contributed by atoms with Crippen LogP contribution in [0.25, 0.3) is 10.9 Å². The van der Waals surface area contributed by atoms with Crippen LogP contribution in [0.15, 0.2) is 27.8 Å². The van der Waals surface area contributed by atoms with Crippen molar-refractivity contribution in [1.29, 1.82) is 0 Å². The minimum Gasteiger partial charge on any atom is -0.350 e. The molecule has 0 aliphatic heterocycles. The Bertz CT molecular complexity index is 822. The molecule has 2 rings (SSSR count). The molecule has 7 nitrogen and oxygen atoms in total. The molecule has 3 N–H and O–H groups in total. The molecule has 7 heteroatoms. The minimum atomic E-state index is -0.469. The van der Waals surface area contributed by atoms with E-state index in [0.29, 0.717) is 29.6 Å². The Kier molecular flexibility index (Phi) is 5.33. The highest BCUT2D eigenvalue weighted by molar-refractivity contribution is 5.97. The summed E-state index contributed by atoms with van der Waals surface area (Å²) in [4.78, 5) is 38.9. The lowest BCUT2D eigenvalue weighted by molar-refractivity contribution is 0.0950. The van der Waals surface area contributed by atoms with Gasteiger partial charge in [0, 0.05) is 24.7 Å². The van der Waals surface area contributed by atoms with E-state index in [1.165, 1.54) is 6.07 Å². The molecule has 0 aliphatic carbocycles. The fourth-order valence-corrected chi connectivity index (χ4v) is 2.45. The maximum Gasteiger partial charge on any atom is 0.328 e. The molecule has 0 aliphatic rings. The number of hydrogen-bond donors (Lipinski definition) is 3. The van der Waals surface area contributed by atoms with Crippen molar-refractivity contribution in [1.82, 2.24) is 20.2 Å². The average molecular weight is 318 g/mol. The largest absolute Gasteiger partial charge is 0.350 e. The molecule has 1 atom stereocenters. The van der Waals surface area contributed by atoms with E-state index in [9.17, 15) is 14.4 Å². The molecule has 0 saturated carbocycles. The van der Waals surface area contributed by atoms with Gasteiger partial charge in [0.1, 0.15) is 0 Å². The van der Waals surface area contributed by atoms with Gasteiger partial charge in [-0.05, 0) is 38.6 Å². The summed E-state index contributed by atoms with van der Waals surface area (Å²) in [5, 5.41) is 6.42. The quantitative estimate of drug-likeness (QED) is 0.720. The summed E-state index contributed by atoms with van der Waals surface area (Å²) in [7, 11) is 0. The van der Waals surface area contributed by atoms with E-state index >= 15 is 0 Å². The molecule has 0 fully saturated rings. The molecule has 124 valence electrons. The van der Waals surface area contributed by atoms with Crippen molar-refractivity contribution in [2.45, 2.75) is 33.4 Å². The van der Waals surface area contributed by atoms with Crippen LogP contribution >= 0.6 is 0 Å². The van der Waals surface area contributed by atoms with Gasteiger partial charge < -0.3 is 15.6 Å². The third kappa shape index (κ3) is 3.68. The highest BCUT2D eigenvalue weighted by Crippen LogP contribution is 2.09. The second-order valence-electron chi connectivity index (χ2n) is 5.41. The molecule has 0 saturated heterocycles. The average Bonchev–Trinajstić information content (AvgIpc) is 2.52. The maximum absolute atomic E-state index is 12.2. The molecule has 1 aromatic heterocycles. The van der Waals surface area contributed by atoms with Crippen LogP contribution in [0.4, 0.5) is 0 Å². The fraction of sp³-hybridized carbons (Fsp3) is 0.438. The van der Waals surface area contributed by atoms with Gasteiger partial charge in [-0.15, -0.1) is 0 Å². The zero-order chi connectivity index (χ0) is 17.0. The highest BCUT2D eigenvalue weighted by Gasteiger charge is 2.11. The monoisotopic (exact) mass is 318 g/mol. The van der Waals surface area contributed by atoms with Crippen molar-refractivity contribution < 1.29 is 4.79 Å². The highest BCUT2D eigenvalue weighted by atomic mass is 16.2. The van der Waals surface area contributed by atoms with E-state index in [1.807, 2.05) is 13.8 Å². The normalized spacial score (nSPS) is 12.3. The van der Waals surface area contributed by atoms with E-state index in [4.69, 9.17) is 0 Å². The number of aromatic amines is 1. The van der Waals surface area contributed by atoms with Crippen LogP contribution in [0.5, 0.6) is 0 Å². The SMILES string of the molecule is CCN[C@H](C)CNC(=O)c1ccc2c(=O)n(CC)c(=O)[nH]c2c1. The summed E-state index contributed by atoms with van der Waals surface area (Å²) in [5.41, 5.74) is -0.0371. The second-order valence-corrected chi connectivity index (χ2v) is 5.41. The van der Waals surface area contributed by atoms with Crippen LogP contribution in [0.2, 0.25) is 0 Å². The summed E-state index contributed by atoms with van der Waals surface area (Å²) in [6.45, 7) is 7.34. The number of carbonyl (C=O) groups excluding carboxylic acids is 1. The summed E-state index contributed by atoms with van der Waals surface area (Å²) < 4.78 is 1.13. The molecule has 0 unspecified atom stereocenters. The number of likely N-dealkylation sites (N-methyl/N-ethyl adjacent to an activating group) is 1. The maximum atomic E-state index is 12.2. The molecule has 1 heterocycles. The molecule has 1 amide bonds. The van der Waals surface area contributed by atoms with Gasteiger partial charge in [-0.1, -0.05) is 6.92 Å². The first-order valence-corrected chi connectivity index (χ1v) is 7.76. The molecule has 2 aromatic rings. The fourth-order valence-electron chi connectivity index (χ4n) is 2.45. The third-order valence-electron chi connectivity index (χ3n) is 3.68. The van der Waals surface area contributed by atoms with Gasteiger partial charge >= 0.3 is 5.69 Å². The minimum absolute atomic E-state index is 0.168. The number of H-pyrrole nitrogens is 1. The van der Waals surface area contributed by atoms with Crippen LogP contribution in [-0.2, 0) is 6.54 Å². The molecular weight excluding hydrogens is 296 g/mol. The molecule has 23 heavy (non-hydrogen) atoms. The van der Waals surface area contributed by atoms with Crippen molar-refractivity contribution in [2.75, 3.05) is 13.1 Å². The van der Waals surface area contributed by atoms with Gasteiger partial charge in [-0.3, -0.25) is 14.2 Å². The smallest absolute Gasteiger partial charge is 0.328 e. The summed E-state index contributed by atoms with van der Waals surface area (Å²) >= 11 is 0. The number of aromatic nitrogens is 2. The second kappa shape index (κ2) is 7.23. The van der Waals surface area contributed by atoms with Crippen LogP contribution in [-0.4, -0.2) is 34.6 Å². The molecule has 1 aromatic carbocycles. The van der Waals surface area contributed by atoms with E-state index < -0.39 is 5.69 Å². The number of nitrogens with zero attached hydrogens (tertiary/aromatic N) is 1. The Labute approximate surface area is 133 Å². The predicted molar refractivity (Wildman–Crippen MR) is 90.0 cm³/mol. The summed E-state index contributed by atoms with van der Waals surface area (Å²) in [6.07, 6.45) is 0. The van der Waals surface area contributed by atoms with Gasteiger partial charge in [0.25, 0.3) is 11.5 Å². The van der Waals surface area contributed by atoms with Crippen LogP contribution in [0, 0.1) is 0 Å². The van der Waals surface area contributed by atoms with Crippen LogP contribution < -0.4 is 21.9 Å². The van der Waals surface area contributed by atoms with Crippen molar-refractivity contribution >= 4 is 16.8 Å². The number of nitrogens with one attached hydrogen (secondary N) is 3. The molecule has 0 spiro atoms. The van der Waals surface area contributed by atoms with E-state index in [0.717, 1.165) is 11.1 Å². The van der Waals surface area contributed by atoms with Gasteiger partial charge in [0.2, 0.25) is 0 Å². The van der Waals surface area contributed by atoms with Crippen molar-refractivity contribution in [3.63, 3.8) is 0 Å². The van der Waals surface area contributed by atoms with E-state index in [-0.39, 0.29) is 17.5 Å². The number of fused-ring (bicyclic) bond motifs is 1. The van der Waals surface area contributed by atoms with Gasteiger partial charge in [-0.2, -0.15) is 0 Å². The predicted octanol–water partition coefficient (Wildman–Crippen LogP) is 0.438. The topological polar surface area (TPSA) is 96.0 Å². The van der Waals surface area contributed by atoms with Crippen LogP contribution in [0.3, 0.4) is 0 Å². The molecule has 0 radical (unpaired) electrons. The lowest BCUT2D eigenvalue weighted by Gasteiger charge is -2.13. The zero-order valence-electron chi connectivity index (χ0n) is 13.6. The van der Waals surface area contributed by atoms with Gasteiger partial charge in [0.05, 0.1) is 10.9 Å². The Hall–Kier alpha value is -2.41. The Balaban J connectivity index is 2.28. The summed E-state index contributed by atoms with van der Waals surface area (Å²) in [5.74, 6) is -0.239. The van der Waals surface area contributed by atoms with Crippen molar-refractivity contribution in [3.8, 4) is 0 Å². The van der Waals surface area contributed by atoms with Gasteiger partial charge in [0.15, 0.2) is 0 Å². The molecular formula is C16H22N4O3. The zero-order valence-corrected chi connectivity index (χ0v) is 13.6.